The number of hydrogen-bond donors (Lipinski definition) is 3. The lowest BCUT2D eigenvalue weighted by Crippen LogP contribution is -2.58. The molecule has 2 aliphatic rings. The van der Waals surface area contributed by atoms with Crippen molar-refractivity contribution in [1.29, 1.82) is 0 Å². The second kappa shape index (κ2) is 5.09. The number of amides is 1. The van der Waals surface area contributed by atoms with E-state index in [1.807, 2.05) is 13.8 Å². The van der Waals surface area contributed by atoms with Gasteiger partial charge in [0.1, 0.15) is 0 Å². The van der Waals surface area contributed by atoms with E-state index in [0.717, 1.165) is 13.0 Å². The van der Waals surface area contributed by atoms with Crippen LogP contribution in [0, 0.1) is 11.8 Å². The number of likely N-dealkylation sites (tertiary alicyclic amines) is 1. The predicted octanol–water partition coefficient (Wildman–Crippen LogP) is -0.365. The largest absolute Gasteiger partial charge is 0.481 e. The monoisotopic (exact) mass is 269 g/mol. The van der Waals surface area contributed by atoms with Gasteiger partial charge in [-0.1, -0.05) is 0 Å². The number of nitrogens with zero attached hydrogens (tertiary/aromatic N) is 1. The maximum atomic E-state index is 12.1. The summed E-state index contributed by atoms with van der Waals surface area (Å²) in [4.78, 5) is 25.3. The van der Waals surface area contributed by atoms with Crippen LogP contribution in [0.5, 0.6) is 0 Å². The van der Waals surface area contributed by atoms with Crippen molar-refractivity contribution in [3.63, 3.8) is 0 Å². The molecule has 6 nitrogen and oxygen atoms in total. The van der Waals surface area contributed by atoms with Crippen molar-refractivity contribution in [3.05, 3.63) is 0 Å². The Kier molecular flexibility index (Phi) is 3.82. The van der Waals surface area contributed by atoms with Gasteiger partial charge >= 0.3 is 5.97 Å². The van der Waals surface area contributed by atoms with E-state index in [2.05, 4.69) is 5.32 Å². The Hall–Kier alpha value is -1.14. The molecule has 0 aromatic heterocycles. The fourth-order valence-corrected chi connectivity index (χ4v) is 3.44. The summed E-state index contributed by atoms with van der Waals surface area (Å²) in [5.41, 5.74) is 5.31. The minimum Gasteiger partial charge on any atom is -0.481 e. The second-order valence-electron chi connectivity index (χ2n) is 6.08. The normalized spacial score (nSPS) is 32.7. The number of piperidine rings is 1. The summed E-state index contributed by atoms with van der Waals surface area (Å²) >= 11 is 0. The van der Waals surface area contributed by atoms with Crippen LogP contribution < -0.4 is 11.1 Å². The molecule has 2 saturated heterocycles. The van der Waals surface area contributed by atoms with Gasteiger partial charge in [-0.2, -0.15) is 0 Å². The molecule has 4 N–H and O–H groups in total. The molecule has 2 aliphatic heterocycles. The predicted molar refractivity (Wildman–Crippen MR) is 70.5 cm³/mol. The number of carboxylic acid groups (broad SMARTS) is 1. The highest BCUT2D eigenvalue weighted by Crippen LogP contribution is 2.36. The molecule has 0 aliphatic carbocycles. The minimum absolute atomic E-state index is 0.0412. The van der Waals surface area contributed by atoms with Crippen molar-refractivity contribution in [1.82, 2.24) is 10.2 Å². The zero-order valence-electron chi connectivity index (χ0n) is 11.6. The van der Waals surface area contributed by atoms with Crippen LogP contribution in [0.4, 0.5) is 0 Å². The Balaban J connectivity index is 2.21. The van der Waals surface area contributed by atoms with E-state index in [1.54, 1.807) is 4.90 Å². The van der Waals surface area contributed by atoms with Gasteiger partial charge in [0.25, 0.3) is 0 Å². The average Bonchev–Trinajstić information content (AvgIpc) is 2.70. The van der Waals surface area contributed by atoms with Crippen molar-refractivity contribution >= 4 is 11.9 Å². The van der Waals surface area contributed by atoms with E-state index in [0.29, 0.717) is 19.5 Å². The molecule has 0 radical (unpaired) electrons. The van der Waals surface area contributed by atoms with Gasteiger partial charge in [0, 0.05) is 18.6 Å². The number of hydrogen-bond acceptors (Lipinski definition) is 4. The average molecular weight is 269 g/mol. The van der Waals surface area contributed by atoms with Crippen LogP contribution in [-0.4, -0.2) is 53.1 Å². The lowest BCUT2D eigenvalue weighted by molar-refractivity contribution is -0.150. The lowest BCUT2D eigenvalue weighted by Gasteiger charge is -2.46. The fourth-order valence-electron chi connectivity index (χ4n) is 3.44. The molecule has 6 heteroatoms. The highest BCUT2D eigenvalue weighted by atomic mass is 16.4. The number of aliphatic carboxylic acids is 1. The van der Waals surface area contributed by atoms with E-state index in [-0.39, 0.29) is 11.8 Å². The van der Waals surface area contributed by atoms with Gasteiger partial charge in [-0.3, -0.25) is 9.59 Å². The molecule has 0 bridgehead atoms. The summed E-state index contributed by atoms with van der Waals surface area (Å²) in [5, 5.41) is 12.5. The van der Waals surface area contributed by atoms with Gasteiger partial charge in [-0.05, 0) is 39.2 Å². The maximum absolute atomic E-state index is 12.1. The molecule has 2 fully saturated rings. The van der Waals surface area contributed by atoms with E-state index in [1.165, 1.54) is 0 Å². The Morgan fingerprint density at radius 2 is 2.16 bits per heavy atom. The van der Waals surface area contributed by atoms with Gasteiger partial charge < -0.3 is 21.1 Å². The van der Waals surface area contributed by atoms with E-state index >= 15 is 0 Å². The first kappa shape index (κ1) is 14.3. The SMILES string of the molecule is CC(C)(C1CCNCC1C(=O)O)N1CC[C@H](N)C1=O. The number of nitrogens with one attached hydrogen (secondary N) is 1. The molecule has 3 atom stereocenters. The Morgan fingerprint density at radius 1 is 1.47 bits per heavy atom. The summed E-state index contributed by atoms with van der Waals surface area (Å²) < 4.78 is 0. The molecular formula is C13H23N3O3. The van der Waals surface area contributed by atoms with Crippen molar-refractivity contribution < 1.29 is 14.7 Å². The van der Waals surface area contributed by atoms with Crippen LogP contribution in [0.2, 0.25) is 0 Å². The minimum atomic E-state index is -0.791. The first-order valence-corrected chi connectivity index (χ1v) is 6.86. The quantitative estimate of drug-likeness (QED) is 0.650. The third kappa shape index (κ3) is 2.47. The molecular weight excluding hydrogens is 246 g/mol. The summed E-state index contributed by atoms with van der Waals surface area (Å²) in [6.45, 7) is 5.83. The fraction of sp³-hybridized carbons (Fsp3) is 0.846. The van der Waals surface area contributed by atoms with Crippen LogP contribution in [-0.2, 0) is 9.59 Å². The zero-order chi connectivity index (χ0) is 14.2. The van der Waals surface area contributed by atoms with Crippen molar-refractivity contribution in [3.8, 4) is 0 Å². The van der Waals surface area contributed by atoms with E-state index in [9.17, 15) is 14.7 Å². The molecule has 1 amide bonds. The summed E-state index contributed by atoms with van der Waals surface area (Å²) in [5.74, 6) is -1.33. The van der Waals surface area contributed by atoms with Gasteiger partial charge in [0.05, 0.1) is 12.0 Å². The third-order valence-corrected chi connectivity index (χ3v) is 4.65. The Bertz CT molecular complexity index is 383. The first-order chi connectivity index (χ1) is 8.85. The van der Waals surface area contributed by atoms with Gasteiger partial charge in [0.2, 0.25) is 5.91 Å². The molecule has 2 unspecified atom stereocenters. The molecule has 0 aromatic rings. The molecule has 108 valence electrons. The molecule has 2 rings (SSSR count). The summed E-state index contributed by atoms with van der Waals surface area (Å²) in [6, 6.07) is -0.427. The maximum Gasteiger partial charge on any atom is 0.308 e. The third-order valence-electron chi connectivity index (χ3n) is 4.65. The van der Waals surface area contributed by atoms with Crippen molar-refractivity contribution in [2.24, 2.45) is 17.6 Å². The number of carbonyl (C=O) groups is 2. The standard InChI is InChI=1S/C13H23N3O3/c1-13(2,16-6-4-10(14)11(16)17)9-3-5-15-7-8(9)12(18)19/h8-10,15H,3-7,14H2,1-2H3,(H,18,19)/t8?,9?,10-/m0/s1. The smallest absolute Gasteiger partial charge is 0.308 e. The van der Waals surface area contributed by atoms with Gasteiger partial charge in [0.15, 0.2) is 0 Å². The topological polar surface area (TPSA) is 95.7 Å². The van der Waals surface area contributed by atoms with Crippen LogP contribution in [0.15, 0.2) is 0 Å². The second-order valence-corrected chi connectivity index (χ2v) is 6.08. The number of rotatable bonds is 3. The number of nitrogens with two attached hydrogens (primary N) is 1. The van der Waals surface area contributed by atoms with E-state index < -0.39 is 23.5 Å². The first-order valence-electron chi connectivity index (χ1n) is 6.86. The van der Waals surface area contributed by atoms with Crippen molar-refractivity contribution in [2.45, 2.75) is 38.3 Å². The van der Waals surface area contributed by atoms with Crippen LogP contribution in [0.3, 0.4) is 0 Å². The molecule has 0 aromatic carbocycles. The summed E-state index contributed by atoms with van der Waals surface area (Å²) in [7, 11) is 0. The van der Waals surface area contributed by atoms with Gasteiger partial charge in [-0.15, -0.1) is 0 Å². The van der Waals surface area contributed by atoms with Crippen molar-refractivity contribution in [2.75, 3.05) is 19.6 Å². The number of carbonyl (C=O) groups excluding carboxylic acids is 1. The van der Waals surface area contributed by atoms with E-state index in [4.69, 9.17) is 5.73 Å². The van der Waals surface area contributed by atoms with Crippen LogP contribution in [0.25, 0.3) is 0 Å². The van der Waals surface area contributed by atoms with Crippen LogP contribution >= 0.6 is 0 Å². The molecule has 19 heavy (non-hydrogen) atoms. The zero-order valence-corrected chi connectivity index (χ0v) is 11.6. The lowest BCUT2D eigenvalue weighted by atomic mass is 9.73. The highest BCUT2D eigenvalue weighted by molar-refractivity contribution is 5.84. The molecule has 2 heterocycles. The Labute approximate surface area is 113 Å². The number of carboxylic acids is 1. The van der Waals surface area contributed by atoms with Crippen LogP contribution in [0.1, 0.15) is 26.7 Å². The molecule has 0 saturated carbocycles. The molecule has 0 spiro atoms. The Morgan fingerprint density at radius 3 is 2.68 bits per heavy atom. The van der Waals surface area contributed by atoms with Gasteiger partial charge in [-0.25, -0.2) is 0 Å². The highest BCUT2D eigenvalue weighted by Gasteiger charge is 2.47. The summed E-state index contributed by atoms with van der Waals surface area (Å²) in [6.07, 6.45) is 1.42.